The molecule has 0 saturated heterocycles. The molecule has 0 fully saturated rings. The molecule has 0 heterocycles. The van der Waals surface area contributed by atoms with Crippen LogP contribution in [-0.4, -0.2) is 20.1 Å². The minimum absolute atomic E-state index is 0.180. The molecular formula is C18H20FNO3. The van der Waals surface area contributed by atoms with E-state index in [-0.39, 0.29) is 18.1 Å². The first-order valence-electron chi connectivity index (χ1n) is 7.30. The van der Waals surface area contributed by atoms with Gasteiger partial charge in [0.25, 0.3) is 0 Å². The molecule has 5 heteroatoms. The Hall–Kier alpha value is -2.56. The third-order valence-electron chi connectivity index (χ3n) is 3.56. The minimum atomic E-state index is -0.399. The summed E-state index contributed by atoms with van der Waals surface area (Å²) in [4.78, 5) is 12.2. The second kappa shape index (κ2) is 7.63. The van der Waals surface area contributed by atoms with E-state index in [2.05, 4.69) is 5.32 Å². The number of carbonyl (C=O) groups is 1. The van der Waals surface area contributed by atoms with Crippen LogP contribution < -0.4 is 14.8 Å². The maximum Gasteiger partial charge on any atom is 0.224 e. The van der Waals surface area contributed by atoms with Crippen molar-refractivity contribution in [1.29, 1.82) is 0 Å². The number of carbonyl (C=O) groups excluding carboxylic acids is 1. The van der Waals surface area contributed by atoms with E-state index in [0.717, 1.165) is 5.56 Å². The zero-order chi connectivity index (χ0) is 16.8. The Labute approximate surface area is 135 Å². The van der Waals surface area contributed by atoms with Crippen molar-refractivity contribution in [2.75, 3.05) is 14.2 Å². The fraction of sp³-hybridized carbons (Fsp3) is 0.278. The highest BCUT2D eigenvalue weighted by molar-refractivity contribution is 5.79. The lowest BCUT2D eigenvalue weighted by Gasteiger charge is -2.15. The molecule has 122 valence electrons. The molecule has 2 aromatic carbocycles. The van der Waals surface area contributed by atoms with Crippen LogP contribution >= 0.6 is 0 Å². The van der Waals surface area contributed by atoms with Crippen molar-refractivity contribution in [2.24, 2.45) is 0 Å². The van der Waals surface area contributed by atoms with Crippen LogP contribution in [-0.2, 0) is 11.2 Å². The van der Waals surface area contributed by atoms with Crippen LogP contribution in [0.15, 0.2) is 42.5 Å². The molecule has 0 aromatic heterocycles. The Kier molecular flexibility index (Phi) is 5.57. The first kappa shape index (κ1) is 16.8. The zero-order valence-corrected chi connectivity index (χ0v) is 13.4. The summed E-state index contributed by atoms with van der Waals surface area (Å²) in [7, 11) is 3.10. The highest BCUT2D eigenvalue weighted by Gasteiger charge is 2.14. The predicted octanol–water partition coefficient (Wildman–Crippen LogP) is 3.26. The maximum atomic E-state index is 13.7. The van der Waals surface area contributed by atoms with Crippen molar-refractivity contribution < 1.29 is 18.7 Å². The molecular weight excluding hydrogens is 297 g/mol. The van der Waals surface area contributed by atoms with Crippen molar-refractivity contribution >= 4 is 5.91 Å². The number of benzene rings is 2. The van der Waals surface area contributed by atoms with E-state index in [0.29, 0.717) is 17.1 Å². The molecule has 0 spiro atoms. The van der Waals surface area contributed by atoms with Gasteiger partial charge in [0.15, 0.2) is 11.5 Å². The molecule has 0 bridgehead atoms. The van der Waals surface area contributed by atoms with Gasteiger partial charge in [-0.05, 0) is 30.7 Å². The van der Waals surface area contributed by atoms with Crippen molar-refractivity contribution in [3.8, 4) is 11.5 Å². The molecule has 2 rings (SSSR count). The van der Waals surface area contributed by atoms with E-state index in [1.165, 1.54) is 6.07 Å². The molecule has 0 aliphatic heterocycles. The molecule has 0 aliphatic carbocycles. The molecule has 1 N–H and O–H groups in total. The van der Waals surface area contributed by atoms with E-state index in [9.17, 15) is 9.18 Å². The normalized spacial score (nSPS) is 11.7. The Bertz CT molecular complexity index is 688. The van der Waals surface area contributed by atoms with Crippen LogP contribution in [0.4, 0.5) is 4.39 Å². The molecule has 1 amide bonds. The first-order valence-corrected chi connectivity index (χ1v) is 7.30. The molecule has 23 heavy (non-hydrogen) atoms. The molecule has 0 aliphatic rings. The quantitative estimate of drug-likeness (QED) is 0.889. The average molecular weight is 317 g/mol. The van der Waals surface area contributed by atoms with E-state index in [1.807, 2.05) is 0 Å². The third kappa shape index (κ3) is 4.22. The molecule has 1 atom stereocenters. The monoisotopic (exact) mass is 317 g/mol. The van der Waals surface area contributed by atoms with Crippen LogP contribution in [0.1, 0.15) is 24.1 Å². The summed E-state index contributed by atoms with van der Waals surface area (Å²) >= 11 is 0. The molecule has 0 unspecified atom stereocenters. The SMILES string of the molecule is COc1ccc(CC(=O)N[C@H](C)c2ccccc2F)cc1OC. The van der Waals surface area contributed by atoms with E-state index < -0.39 is 6.04 Å². The second-order valence-electron chi connectivity index (χ2n) is 5.18. The van der Waals surface area contributed by atoms with Crippen LogP contribution in [0.25, 0.3) is 0 Å². The summed E-state index contributed by atoms with van der Waals surface area (Å²) in [6.07, 6.45) is 0.180. The maximum absolute atomic E-state index is 13.7. The highest BCUT2D eigenvalue weighted by Crippen LogP contribution is 2.27. The van der Waals surface area contributed by atoms with Crippen molar-refractivity contribution in [2.45, 2.75) is 19.4 Å². The minimum Gasteiger partial charge on any atom is -0.493 e. The number of rotatable bonds is 6. The third-order valence-corrected chi connectivity index (χ3v) is 3.56. The van der Waals surface area contributed by atoms with Gasteiger partial charge in [0.05, 0.1) is 26.7 Å². The largest absolute Gasteiger partial charge is 0.493 e. The summed E-state index contributed by atoms with van der Waals surface area (Å²) in [5, 5.41) is 2.80. The van der Waals surface area contributed by atoms with Gasteiger partial charge in [-0.25, -0.2) is 4.39 Å². The van der Waals surface area contributed by atoms with Gasteiger partial charge < -0.3 is 14.8 Å². The summed E-state index contributed by atoms with van der Waals surface area (Å²) in [5.41, 5.74) is 1.26. The average Bonchev–Trinajstić information content (AvgIpc) is 2.54. The van der Waals surface area contributed by atoms with Gasteiger partial charge in [-0.15, -0.1) is 0 Å². The zero-order valence-electron chi connectivity index (χ0n) is 13.4. The van der Waals surface area contributed by atoms with Crippen LogP contribution in [0.2, 0.25) is 0 Å². The highest BCUT2D eigenvalue weighted by atomic mass is 19.1. The summed E-state index contributed by atoms with van der Waals surface area (Å²) in [6, 6.07) is 11.3. The van der Waals surface area contributed by atoms with Crippen molar-refractivity contribution in [3.05, 3.63) is 59.4 Å². The van der Waals surface area contributed by atoms with Gasteiger partial charge in [0.1, 0.15) is 5.82 Å². The Morgan fingerprint density at radius 3 is 2.48 bits per heavy atom. The molecule has 2 aromatic rings. The second-order valence-corrected chi connectivity index (χ2v) is 5.18. The first-order chi connectivity index (χ1) is 11.0. The molecule has 4 nitrogen and oxygen atoms in total. The number of halogens is 1. The van der Waals surface area contributed by atoms with E-state index in [4.69, 9.17) is 9.47 Å². The van der Waals surface area contributed by atoms with Gasteiger partial charge >= 0.3 is 0 Å². The van der Waals surface area contributed by atoms with Crippen LogP contribution in [0.5, 0.6) is 11.5 Å². The Balaban J connectivity index is 2.03. The number of nitrogens with one attached hydrogen (secondary N) is 1. The standard InChI is InChI=1S/C18H20FNO3/c1-12(14-6-4-5-7-15(14)19)20-18(21)11-13-8-9-16(22-2)17(10-13)23-3/h4-10,12H,11H2,1-3H3,(H,20,21)/t12-/m1/s1. The van der Waals surface area contributed by atoms with E-state index >= 15 is 0 Å². The van der Waals surface area contributed by atoms with Gasteiger partial charge in [-0.1, -0.05) is 24.3 Å². The lowest BCUT2D eigenvalue weighted by Crippen LogP contribution is -2.28. The topological polar surface area (TPSA) is 47.6 Å². The summed E-state index contributed by atoms with van der Waals surface area (Å²) in [5.74, 6) is 0.663. The number of methoxy groups -OCH3 is 2. The van der Waals surface area contributed by atoms with Gasteiger partial charge in [-0.3, -0.25) is 4.79 Å². The molecule has 0 saturated carbocycles. The Morgan fingerprint density at radius 2 is 1.83 bits per heavy atom. The van der Waals surface area contributed by atoms with Crippen molar-refractivity contribution in [1.82, 2.24) is 5.32 Å². The van der Waals surface area contributed by atoms with Gasteiger partial charge in [0.2, 0.25) is 5.91 Å². The van der Waals surface area contributed by atoms with Crippen LogP contribution in [0, 0.1) is 5.82 Å². The number of amides is 1. The summed E-state index contributed by atoms with van der Waals surface area (Å²) < 4.78 is 24.1. The van der Waals surface area contributed by atoms with Crippen LogP contribution in [0.3, 0.4) is 0 Å². The number of ether oxygens (including phenoxy) is 2. The van der Waals surface area contributed by atoms with E-state index in [1.54, 1.807) is 57.5 Å². The number of hydrogen-bond donors (Lipinski definition) is 1. The van der Waals surface area contributed by atoms with Crippen molar-refractivity contribution in [3.63, 3.8) is 0 Å². The summed E-state index contributed by atoms with van der Waals surface area (Å²) in [6.45, 7) is 1.75. The van der Waals surface area contributed by atoms with Gasteiger partial charge in [-0.2, -0.15) is 0 Å². The Morgan fingerprint density at radius 1 is 1.13 bits per heavy atom. The lowest BCUT2D eigenvalue weighted by molar-refractivity contribution is -0.121. The number of hydrogen-bond acceptors (Lipinski definition) is 3. The fourth-order valence-electron chi connectivity index (χ4n) is 2.37. The fourth-order valence-corrected chi connectivity index (χ4v) is 2.37. The van der Waals surface area contributed by atoms with Gasteiger partial charge in [0, 0.05) is 5.56 Å². The predicted molar refractivity (Wildman–Crippen MR) is 86.2 cm³/mol. The smallest absolute Gasteiger partial charge is 0.224 e. The molecule has 0 radical (unpaired) electrons. The lowest BCUT2D eigenvalue weighted by atomic mass is 10.1.